The van der Waals surface area contributed by atoms with Crippen LogP contribution in [0.1, 0.15) is 37.4 Å². The van der Waals surface area contributed by atoms with Gasteiger partial charge in [0.25, 0.3) is 0 Å². The van der Waals surface area contributed by atoms with Gasteiger partial charge in [-0.15, -0.1) is 24.0 Å². The van der Waals surface area contributed by atoms with E-state index in [9.17, 15) is 8.42 Å². The van der Waals surface area contributed by atoms with E-state index in [2.05, 4.69) is 46.7 Å². The molecule has 1 aromatic rings. The Kier molecular flexibility index (Phi) is 12.2. The summed E-state index contributed by atoms with van der Waals surface area (Å²) in [5, 5.41) is 6.62. The Labute approximate surface area is 199 Å². The molecule has 0 spiro atoms. The van der Waals surface area contributed by atoms with E-state index in [-0.39, 0.29) is 41.8 Å². The van der Waals surface area contributed by atoms with E-state index in [1.54, 1.807) is 0 Å². The number of guanidine groups is 1. The number of benzene rings is 1. The molecule has 30 heavy (non-hydrogen) atoms. The van der Waals surface area contributed by atoms with Crippen molar-refractivity contribution < 1.29 is 13.2 Å². The van der Waals surface area contributed by atoms with E-state index >= 15 is 0 Å². The molecule has 1 aromatic carbocycles. The fourth-order valence-electron chi connectivity index (χ4n) is 3.39. The van der Waals surface area contributed by atoms with Gasteiger partial charge in [0.2, 0.25) is 0 Å². The third-order valence-corrected chi connectivity index (χ3v) is 5.96. The van der Waals surface area contributed by atoms with Crippen LogP contribution in [-0.4, -0.2) is 76.7 Å². The highest BCUT2D eigenvalue weighted by atomic mass is 127. The monoisotopic (exact) mass is 552 g/mol. The predicted molar refractivity (Wildman–Crippen MR) is 135 cm³/mol. The molecule has 0 saturated carbocycles. The summed E-state index contributed by atoms with van der Waals surface area (Å²) < 4.78 is 28.4. The molecule has 1 fully saturated rings. The molecule has 2 rings (SSSR count). The number of nitrogens with zero attached hydrogens (tertiary/aromatic N) is 2. The van der Waals surface area contributed by atoms with Crippen molar-refractivity contribution in [3.8, 4) is 0 Å². The summed E-state index contributed by atoms with van der Waals surface area (Å²) in [6.45, 7) is 10.8. The zero-order valence-corrected chi connectivity index (χ0v) is 21.7. The Hall–Kier alpha value is -0.910. The van der Waals surface area contributed by atoms with Crippen LogP contribution < -0.4 is 10.6 Å². The summed E-state index contributed by atoms with van der Waals surface area (Å²) in [4.78, 5) is 7.27. The number of hydrogen-bond acceptors (Lipinski definition) is 5. The summed E-state index contributed by atoms with van der Waals surface area (Å²) in [6.07, 6.45) is 1.82. The van der Waals surface area contributed by atoms with Gasteiger partial charge in [-0.3, -0.25) is 9.89 Å². The SMILES string of the molecule is CCNC(=NCC(c1cccc(C)c1)N1CCOCC1)NC(C)CCS(C)(=O)=O.I. The number of hydrogen-bond donors (Lipinski definition) is 2. The first-order valence-corrected chi connectivity index (χ1v) is 12.5. The number of morpholine rings is 1. The minimum Gasteiger partial charge on any atom is -0.379 e. The van der Waals surface area contributed by atoms with Crippen LogP contribution in [0.5, 0.6) is 0 Å². The van der Waals surface area contributed by atoms with Crippen molar-refractivity contribution in [1.29, 1.82) is 0 Å². The van der Waals surface area contributed by atoms with Gasteiger partial charge in [0.05, 0.1) is 31.6 Å². The van der Waals surface area contributed by atoms with Crippen molar-refractivity contribution in [2.45, 2.75) is 39.3 Å². The number of aryl methyl sites for hydroxylation is 1. The van der Waals surface area contributed by atoms with Crippen LogP contribution in [0.3, 0.4) is 0 Å². The molecule has 1 saturated heterocycles. The molecule has 1 aliphatic heterocycles. The van der Waals surface area contributed by atoms with Gasteiger partial charge in [-0.2, -0.15) is 0 Å². The molecular weight excluding hydrogens is 515 g/mol. The first-order valence-electron chi connectivity index (χ1n) is 10.4. The Morgan fingerprint density at radius 2 is 2.00 bits per heavy atom. The fourth-order valence-corrected chi connectivity index (χ4v) is 4.17. The van der Waals surface area contributed by atoms with Crippen molar-refractivity contribution in [2.24, 2.45) is 4.99 Å². The lowest BCUT2D eigenvalue weighted by Gasteiger charge is -2.34. The normalized spacial score (nSPS) is 17.7. The summed E-state index contributed by atoms with van der Waals surface area (Å²) in [6, 6.07) is 8.79. The topological polar surface area (TPSA) is 83.0 Å². The Morgan fingerprint density at radius 1 is 1.30 bits per heavy atom. The molecule has 2 unspecified atom stereocenters. The minimum absolute atomic E-state index is 0. The molecule has 7 nitrogen and oxygen atoms in total. The van der Waals surface area contributed by atoms with E-state index in [4.69, 9.17) is 9.73 Å². The van der Waals surface area contributed by atoms with E-state index in [0.29, 0.717) is 13.0 Å². The molecule has 0 radical (unpaired) electrons. The van der Waals surface area contributed by atoms with E-state index in [0.717, 1.165) is 38.8 Å². The summed E-state index contributed by atoms with van der Waals surface area (Å²) in [5.74, 6) is 0.889. The Morgan fingerprint density at radius 3 is 2.60 bits per heavy atom. The molecule has 0 bridgehead atoms. The van der Waals surface area contributed by atoms with Gasteiger partial charge < -0.3 is 15.4 Å². The molecular formula is C21H37IN4O3S. The van der Waals surface area contributed by atoms with Gasteiger partial charge >= 0.3 is 0 Å². The number of rotatable bonds is 9. The van der Waals surface area contributed by atoms with Gasteiger partial charge in [0, 0.05) is 31.9 Å². The van der Waals surface area contributed by atoms with Crippen LogP contribution in [0.2, 0.25) is 0 Å². The van der Waals surface area contributed by atoms with Crippen molar-refractivity contribution >= 4 is 39.8 Å². The molecule has 0 amide bonds. The highest BCUT2D eigenvalue weighted by Gasteiger charge is 2.23. The van der Waals surface area contributed by atoms with Gasteiger partial charge in [0.1, 0.15) is 9.84 Å². The predicted octanol–water partition coefficient (Wildman–Crippen LogP) is 2.36. The molecule has 2 atom stereocenters. The molecule has 2 N–H and O–H groups in total. The summed E-state index contributed by atoms with van der Waals surface area (Å²) >= 11 is 0. The average Bonchev–Trinajstić information content (AvgIpc) is 2.67. The number of halogens is 1. The van der Waals surface area contributed by atoms with Gasteiger partial charge in [-0.05, 0) is 32.8 Å². The van der Waals surface area contributed by atoms with Crippen LogP contribution in [0, 0.1) is 6.92 Å². The highest BCUT2D eigenvalue weighted by molar-refractivity contribution is 14.0. The van der Waals surface area contributed by atoms with Crippen molar-refractivity contribution in [2.75, 3.05) is 51.4 Å². The molecule has 172 valence electrons. The highest BCUT2D eigenvalue weighted by Crippen LogP contribution is 2.23. The first-order chi connectivity index (χ1) is 13.8. The third-order valence-electron chi connectivity index (χ3n) is 4.98. The van der Waals surface area contributed by atoms with Crippen molar-refractivity contribution in [1.82, 2.24) is 15.5 Å². The van der Waals surface area contributed by atoms with E-state index in [1.165, 1.54) is 17.4 Å². The van der Waals surface area contributed by atoms with Crippen LogP contribution in [-0.2, 0) is 14.6 Å². The van der Waals surface area contributed by atoms with Crippen LogP contribution in [0.25, 0.3) is 0 Å². The maximum atomic E-state index is 11.4. The minimum atomic E-state index is -2.97. The van der Waals surface area contributed by atoms with Crippen LogP contribution in [0.4, 0.5) is 0 Å². The smallest absolute Gasteiger partial charge is 0.191 e. The summed E-state index contributed by atoms with van der Waals surface area (Å²) in [7, 11) is -2.97. The van der Waals surface area contributed by atoms with E-state index < -0.39 is 9.84 Å². The Balaban J connectivity index is 0.00000450. The molecule has 9 heteroatoms. The molecule has 1 heterocycles. The number of ether oxygens (including phenoxy) is 1. The molecule has 0 aromatic heterocycles. The number of nitrogens with one attached hydrogen (secondary N) is 2. The lowest BCUT2D eigenvalue weighted by Crippen LogP contribution is -2.44. The zero-order chi connectivity index (χ0) is 21.3. The zero-order valence-electron chi connectivity index (χ0n) is 18.6. The molecule has 0 aliphatic carbocycles. The third kappa shape index (κ3) is 9.93. The maximum Gasteiger partial charge on any atom is 0.191 e. The fraction of sp³-hybridized carbons (Fsp3) is 0.667. The van der Waals surface area contributed by atoms with Gasteiger partial charge in [-0.1, -0.05) is 29.8 Å². The van der Waals surface area contributed by atoms with E-state index in [1.807, 2.05) is 13.8 Å². The van der Waals surface area contributed by atoms with Gasteiger partial charge in [-0.25, -0.2) is 8.42 Å². The Bertz CT molecular complexity index is 767. The second kappa shape index (κ2) is 13.5. The average molecular weight is 553 g/mol. The van der Waals surface area contributed by atoms with Crippen LogP contribution >= 0.6 is 24.0 Å². The van der Waals surface area contributed by atoms with Crippen molar-refractivity contribution in [3.05, 3.63) is 35.4 Å². The van der Waals surface area contributed by atoms with Crippen LogP contribution in [0.15, 0.2) is 29.3 Å². The van der Waals surface area contributed by atoms with Crippen molar-refractivity contribution in [3.63, 3.8) is 0 Å². The number of aliphatic imine (C=N–C) groups is 1. The second-order valence-electron chi connectivity index (χ2n) is 7.76. The number of sulfone groups is 1. The summed E-state index contributed by atoms with van der Waals surface area (Å²) in [5.41, 5.74) is 2.50. The standard InChI is InChI=1S/C21H36N4O3S.HI/c1-5-22-21(24-18(3)9-14-29(4,26)27)23-16-20(25-10-12-28-13-11-25)19-8-6-7-17(2)15-19;/h6-8,15,18,20H,5,9-14,16H2,1-4H3,(H2,22,23,24);1H. The lowest BCUT2D eigenvalue weighted by molar-refractivity contribution is 0.0179. The second-order valence-corrected chi connectivity index (χ2v) is 10.0. The first kappa shape index (κ1) is 27.1. The molecule has 1 aliphatic rings. The van der Waals surface area contributed by atoms with Gasteiger partial charge in [0.15, 0.2) is 5.96 Å². The lowest BCUT2D eigenvalue weighted by atomic mass is 10.0. The largest absolute Gasteiger partial charge is 0.379 e. The maximum absolute atomic E-state index is 11.4. The quantitative estimate of drug-likeness (QED) is 0.278.